The number of hydrogen-bond donors (Lipinski definition) is 0. The SMILES string of the molecule is CC\C=C/C=C\C=C/C=C\C=C\C=C/C=C\CCCCCC(=O)OCC(COC(=O)CCC/C=C\C/C=C\C/C=C\CC)OC(=O)CCCCCCCCCCCCCCCCC. The van der Waals surface area contributed by atoms with Crippen molar-refractivity contribution in [2.24, 2.45) is 0 Å². The summed E-state index contributed by atoms with van der Waals surface area (Å²) < 4.78 is 16.7. The smallest absolute Gasteiger partial charge is 0.306 e. The number of carbonyl (C=O) groups excluding carboxylic acids is 3. The third-order valence-electron chi connectivity index (χ3n) is 10.2. The Hall–Kier alpha value is -4.19. The normalized spacial score (nSPS) is 13.1. The minimum atomic E-state index is -0.818. The van der Waals surface area contributed by atoms with Gasteiger partial charge in [-0.1, -0.05) is 239 Å². The zero-order valence-electron chi connectivity index (χ0n) is 40.3. The van der Waals surface area contributed by atoms with E-state index in [2.05, 4.69) is 69.4 Å². The third kappa shape index (κ3) is 48.7. The van der Waals surface area contributed by atoms with Crippen LogP contribution in [0.25, 0.3) is 0 Å². The molecule has 1 unspecified atom stereocenters. The average molecular weight is 871 g/mol. The van der Waals surface area contributed by atoms with Gasteiger partial charge in [0, 0.05) is 19.3 Å². The third-order valence-corrected chi connectivity index (χ3v) is 10.2. The Balaban J connectivity index is 4.53. The number of allylic oxidation sites excluding steroid dienone is 20. The topological polar surface area (TPSA) is 78.9 Å². The van der Waals surface area contributed by atoms with Gasteiger partial charge >= 0.3 is 17.9 Å². The lowest BCUT2D eigenvalue weighted by Gasteiger charge is -2.18. The summed E-state index contributed by atoms with van der Waals surface area (Å²) in [7, 11) is 0. The molecule has 0 spiro atoms. The number of unbranched alkanes of at least 4 members (excludes halogenated alkanes) is 18. The molecule has 1 atom stereocenters. The lowest BCUT2D eigenvalue weighted by Crippen LogP contribution is -2.30. The van der Waals surface area contributed by atoms with E-state index in [1.54, 1.807) is 0 Å². The summed E-state index contributed by atoms with van der Waals surface area (Å²) in [6, 6.07) is 0. The van der Waals surface area contributed by atoms with Crippen molar-refractivity contribution in [3.8, 4) is 0 Å². The number of esters is 3. The van der Waals surface area contributed by atoms with E-state index < -0.39 is 6.10 Å². The van der Waals surface area contributed by atoms with Crippen LogP contribution in [0.15, 0.2) is 122 Å². The summed E-state index contributed by atoms with van der Waals surface area (Å²) in [5, 5.41) is 0. The van der Waals surface area contributed by atoms with Gasteiger partial charge in [0.15, 0.2) is 6.10 Å². The van der Waals surface area contributed by atoms with Crippen molar-refractivity contribution in [1.82, 2.24) is 0 Å². The van der Waals surface area contributed by atoms with Crippen LogP contribution in [0.4, 0.5) is 0 Å². The minimum Gasteiger partial charge on any atom is -0.462 e. The van der Waals surface area contributed by atoms with E-state index in [4.69, 9.17) is 14.2 Å². The molecule has 0 radical (unpaired) electrons. The highest BCUT2D eigenvalue weighted by Crippen LogP contribution is 2.15. The molecular formula is C57H90O6. The second-order valence-corrected chi connectivity index (χ2v) is 16.2. The van der Waals surface area contributed by atoms with Crippen LogP contribution in [-0.2, 0) is 28.6 Å². The van der Waals surface area contributed by atoms with Gasteiger partial charge in [-0.05, 0) is 64.2 Å². The Labute approximate surface area is 386 Å². The summed E-state index contributed by atoms with van der Waals surface area (Å²) in [5.74, 6) is -1.02. The fraction of sp³-hybridized carbons (Fsp3) is 0.596. The number of ether oxygens (including phenoxy) is 3. The van der Waals surface area contributed by atoms with Crippen LogP contribution in [0, 0.1) is 0 Å². The van der Waals surface area contributed by atoms with Crippen molar-refractivity contribution in [2.75, 3.05) is 13.2 Å². The molecular weight excluding hydrogens is 781 g/mol. The molecule has 0 aliphatic rings. The summed E-state index contributed by atoms with van der Waals surface area (Å²) in [6.45, 7) is 6.27. The van der Waals surface area contributed by atoms with Crippen LogP contribution in [0.3, 0.4) is 0 Å². The zero-order valence-corrected chi connectivity index (χ0v) is 40.3. The van der Waals surface area contributed by atoms with Gasteiger partial charge in [-0.15, -0.1) is 0 Å². The molecule has 0 amide bonds. The van der Waals surface area contributed by atoms with Crippen molar-refractivity contribution in [3.63, 3.8) is 0 Å². The molecule has 63 heavy (non-hydrogen) atoms. The molecule has 6 heteroatoms. The average Bonchev–Trinajstić information content (AvgIpc) is 3.28. The Morgan fingerprint density at radius 2 is 0.714 bits per heavy atom. The maximum absolute atomic E-state index is 12.8. The molecule has 0 bridgehead atoms. The Morgan fingerprint density at radius 3 is 1.21 bits per heavy atom. The lowest BCUT2D eigenvalue weighted by molar-refractivity contribution is -0.167. The molecule has 0 fully saturated rings. The number of hydrogen-bond acceptors (Lipinski definition) is 6. The van der Waals surface area contributed by atoms with Gasteiger partial charge in [0.25, 0.3) is 0 Å². The van der Waals surface area contributed by atoms with Crippen LogP contribution >= 0.6 is 0 Å². The summed E-state index contributed by atoms with van der Waals surface area (Å²) in [4.78, 5) is 37.9. The molecule has 0 heterocycles. The van der Waals surface area contributed by atoms with Gasteiger partial charge in [-0.2, -0.15) is 0 Å². The molecule has 0 aromatic rings. The van der Waals surface area contributed by atoms with Crippen LogP contribution in [0.1, 0.15) is 201 Å². The van der Waals surface area contributed by atoms with E-state index in [-0.39, 0.29) is 37.5 Å². The van der Waals surface area contributed by atoms with Crippen molar-refractivity contribution in [2.45, 2.75) is 207 Å². The van der Waals surface area contributed by atoms with Gasteiger partial charge in [0.1, 0.15) is 13.2 Å². The molecule has 0 saturated carbocycles. The molecule has 0 aromatic carbocycles. The summed E-state index contributed by atoms with van der Waals surface area (Å²) in [6.07, 6.45) is 69.0. The van der Waals surface area contributed by atoms with E-state index in [1.807, 2.05) is 72.9 Å². The van der Waals surface area contributed by atoms with Crippen LogP contribution in [0.2, 0.25) is 0 Å². The largest absolute Gasteiger partial charge is 0.462 e. The first kappa shape index (κ1) is 58.8. The molecule has 0 aliphatic heterocycles. The van der Waals surface area contributed by atoms with E-state index in [1.165, 1.54) is 77.0 Å². The quantitative estimate of drug-likeness (QED) is 0.0200. The lowest BCUT2D eigenvalue weighted by atomic mass is 10.0. The Morgan fingerprint density at radius 1 is 0.349 bits per heavy atom. The molecule has 0 N–H and O–H groups in total. The molecule has 0 rings (SSSR count). The van der Waals surface area contributed by atoms with Crippen molar-refractivity contribution >= 4 is 17.9 Å². The number of carbonyl (C=O) groups is 3. The Bertz CT molecular complexity index is 1370. The highest BCUT2D eigenvalue weighted by Gasteiger charge is 2.19. The first-order valence-corrected chi connectivity index (χ1v) is 25.1. The Kier molecular flexibility index (Phi) is 47.1. The standard InChI is InChI=1S/C57H90O6/c1-4-7-10-13-16-19-22-24-26-27-28-29-31-32-35-38-41-44-47-50-56(59)62-53-54(52-61-55(58)49-46-43-40-37-34-21-18-15-12-9-6-3)63-57(60)51-48-45-42-39-36-33-30-25-23-20-17-14-11-8-5-2/h7,9-10,12-13,16,18-19,21-22,24,26-29,31-32,35,37,40,54H,4-6,8,11,14-15,17,20,23,25,30,33-34,36,38-39,41-53H2,1-3H3/b10-7-,12-9-,16-13-,21-18-,22-19-,26-24-,28-27+,31-29-,35-32-,40-37-. The van der Waals surface area contributed by atoms with Crippen molar-refractivity contribution < 1.29 is 28.6 Å². The first-order chi connectivity index (χ1) is 31.0. The summed E-state index contributed by atoms with van der Waals surface area (Å²) >= 11 is 0. The van der Waals surface area contributed by atoms with E-state index in [0.717, 1.165) is 77.0 Å². The van der Waals surface area contributed by atoms with Crippen LogP contribution in [0.5, 0.6) is 0 Å². The maximum Gasteiger partial charge on any atom is 0.306 e. The zero-order chi connectivity index (χ0) is 45.8. The highest BCUT2D eigenvalue weighted by molar-refractivity contribution is 5.71. The predicted molar refractivity (Wildman–Crippen MR) is 269 cm³/mol. The van der Waals surface area contributed by atoms with Crippen LogP contribution < -0.4 is 0 Å². The minimum absolute atomic E-state index is 0.120. The highest BCUT2D eigenvalue weighted by atomic mass is 16.6. The van der Waals surface area contributed by atoms with Gasteiger partial charge in [-0.3, -0.25) is 14.4 Å². The van der Waals surface area contributed by atoms with E-state index in [9.17, 15) is 14.4 Å². The molecule has 0 aliphatic carbocycles. The molecule has 354 valence electrons. The van der Waals surface area contributed by atoms with E-state index >= 15 is 0 Å². The molecule has 0 saturated heterocycles. The van der Waals surface area contributed by atoms with Gasteiger partial charge in [-0.25, -0.2) is 0 Å². The number of rotatable bonds is 43. The summed E-state index contributed by atoms with van der Waals surface area (Å²) in [5.41, 5.74) is 0. The fourth-order valence-corrected chi connectivity index (χ4v) is 6.45. The van der Waals surface area contributed by atoms with Crippen molar-refractivity contribution in [1.29, 1.82) is 0 Å². The van der Waals surface area contributed by atoms with Gasteiger partial charge in [0.2, 0.25) is 0 Å². The van der Waals surface area contributed by atoms with Gasteiger partial charge in [0.05, 0.1) is 0 Å². The fourth-order valence-electron chi connectivity index (χ4n) is 6.45. The molecule has 0 aromatic heterocycles. The second kappa shape index (κ2) is 50.5. The molecule has 6 nitrogen and oxygen atoms in total. The van der Waals surface area contributed by atoms with Gasteiger partial charge < -0.3 is 14.2 Å². The first-order valence-electron chi connectivity index (χ1n) is 25.1. The predicted octanol–water partition coefficient (Wildman–Crippen LogP) is 16.5. The van der Waals surface area contributed by atoms with E-state index in [0.29, 0.717) is 19.3 Å². The van der Waals surface area contributed by atoms with Crippen LogP contribution in [-0.4, -0.2) is 37.2 Å². The maximum atomic E-state index is 12.8. The monoisotopic (exact) mass is 871 g/mol. The van der Waals surface area contributed by atoms with Crippen molar-refractivity contribution in [3.05, 3.63) is 122 Å². The second-order valence-electron chi connectivity index (χ2n) is 16.2.